The van der Waals surface area contributed by atoms with Gasteiger partial charge in [-0.15, -0.1) is 0 Å². The zero-order valence-electron chi connectivity index (χ0n) is 9.06. The van der Waals surface area contributed by atoms with Gasteiger partial charge in [0.2, 0.25) is 11.2 Å². The van der Waals surface area contributed by atoms with Crippen molar-refractivity contribution >= 4 is 0 Å². The van der Waals surface area contributed by atoms with Crippen molar-refractivity contribution in [2.75, 3.05) is 0 Å². The maximum atomic E-state index is 13.4. The molecule has 0 aromatic heterocycles. The molecule has 0 heterocycles. The highest BCUT2D eigenvalue weighted by Crippen LogP contribution is 2.32. The van der Waals surface area contributed by atoms with Gasteiger partial charge in [-0.2, -0.15) is 0 Å². The van der Waals surface area contributed by atoms with Crippen molar-refractivity contribution in [2.45, 2.75) is 0 Å². The second-order valence-corrected chi connectivity index (χ2v) is 3.66. The lowest BCUT2D eigenvalue weighted by atomic mass is 10.1. The highest BCUT2D eigenvalue weighted by molar-refractivity contribution is 5.72. The molecule has 0 fully saturated rings. The second kappa shape index (κ2) is 4.22. The third-order valence-corrected chi connectivity index (χ3v) is 2.55. The zero-order chi connectivity index (χ0) is 15.4. The third kappa shape index (κ3) is 1.55. The molecule has 20 heavy (non-hydrogen) atoms. The van der Waals surface area contributed by atoms with Gasteiger partial charge in [0.05, 0.1) is 11.1 Å². The summed E-state index contributed by atoms with van der Waals surface area (Å²) in [4.78, 5) is 33.2. The monoisotopic (exact) mass is 292 g/mol. The highest BCUT2D eigenvalue weighted by atomic mass is 19.2. The highest BCUT2D eigenvalue weighted by Gasteiger charge is 2.32. The van der Waals surface area contributed by atoms with Crippen LogP contribution in [0.4, 0.5) is 22.0 Å². The Balaban J connectivity index is 3.07. The fraction of sp³-hybridized carbons (Fsp3) is 0. The summed E-state index contributed by atoms with van der Waals surface area (Å²) < 4.78 is 65.6. The minimum Gasteiger partial charge on any atom is -0.503 e. The van der Waals surface area contributed by atoms with Crippen LogP contribution in [0.5, 0.6) is 5.75 Å². The van der Waals surface area contributed by atoms with Crippen molar-refractivity contribution in [1.29, 1.82) is 0 Å². The van der Waals surface area contributed by atoms with E-state index in [4.69, 9.17) is 5.11 Å². The Labute approximate surface area is 105 Å². The van der Waals surface area contributed by atoms with Crippen molar-refractivity contribution in [3.05, 3.63) is 59.8 Å². The molecular formula is C11HF5O4. The number of benzene rings is 1. The van der Waals surface area contributed by atoms with Gasteiger partial charge in [-0.3, -0.25) is 14.4 Å². The smallest absolute Gasteiger partial charge is 0.277 e. The maximum absolute atomic E-state index is 13.4. The Kier molecular flexibility index (Phi) is 2.92. The van der Waals surface area contributed by atoms with Crippen LogP contribution in [0.2, 0.25) is 0 Å². The summed E-state index contributed by atoms with van der Waals surface area (Å²) in [5.41, 5.74) is -8.83. The largest absolute Gasteiger partial charge is 0.503 e. The molecule has 0 aliphatic rings. The summed E-state index contributed by atoms with van der Waals surface area (Å²) in [5, 5.41) is 9.17. The Morgan fingerprint density at radius 1 is 0.550 bits per heavy atom. The fourth-order valence-electron chi connectivity index (χ4n) is 1.60. The minimum atomic E-state index is -2.48. The van der Waals surface area contributed by atoms with Gasteiger partial charge in [-0.05, 0) is 0 Å². The molecule has 0 bridgehead atoms. The van der Waals surface area contributed by atoms with Gasteiger partial charge in [0, 0.05) is 0 Å². The Morgan fingerprint density at radius 3 is 1.30 bits per heavy atom. The van der Waals surface area contributed by atoms with Crippen molar-refractivity contribution in [2.24, 2.45) is 0 Å². The van der Waals surface area contributed by atoms with Gasteiger partial charge in [-0.1, -0.05) is 0 Å². The van der Waals surface area contributed by atoms with E-state index in [1.807, 2.05) is 0 Å². The number of halogens is 5. The number of rotatable bonds is 1. The molecule has 0 saturated heterocycles. The minimum absolute atomic E-state index is 1.55. The third-order valence-electron chi connectivity index (χ3n) is 2.55. The molecule has 104 valence electrons. The van der Waals surface area contributed by atoms with Gasteiger partial charge in [0.15, 0.2) is 29.0 Å². The van der Waals surface area contributed by atoms with Crippen LogP contribution in [-0.4, -0.2) is 5.11 Å². The Morgan fingerprint density at radius 2 is 0.950 bits per heavy atom. The van der Waals surface area contributed by atoms with Crippen LogP contribution in [0, 0.1) is 29.1 Å². The van der Waals surface area contributed by atoms with Crippen LogP contribution in [0.15, 0.2) is 14.4 Å². The average molecular weight is 292 g/mol. The number of aromatic hydroxyl groups is 1. The molecule has 0 aliphatic carbocycles. The Hall–Kier alpha value is -2.58. The van der Waals surface area contributed by atoms with Crippen LogP contribution in [0.1, 0.15) is 0 Å². The molecule has 9 heteroatoms. The molecule has 0 saturated carbocycles. The zero-order valence-corrected chi connectivity index (χ0v) is 9.06. The van der Waals surface area contributed by atoms with E-state index >= 15 is 0 Å². The van der Waals surface area contributed by atoms with Crippen molar-refractivity contribution in [3.8, 4) is 16.9 Å². The molecule has 2 aromatic rings. The van der Waals surface area contributed by atoms with Gasteiger partial charge >= 0.3 is 0 Å². The first kappa shape index (κ1) is 13.8. The van der Waals surface area contributed by atoms with E-state index in [2.05, 4.69) is 0 Å². The van der Waals surface area contributed by atoms with Gasteiger partial charge < -0.3 is 5.11 Å². The molecule has 0 radical (unpaired) electrons. The van der Waals surface area contributed by atoms with Crippen LogP contribution >= 0.6 is 0 Å². The maximum Gasteiger partial charge on any atom is 0.277 e. The van der Waals surface area contributed by atoms with Gasteiger partial charge in [0.25, 0.3) is 10.9 Å². The van der Waals surface area contributed by atoms with Crippen molar-refractivity contribution in [1.82, 2.24) is 0 Å². The van der Waals surface area contributed by atoms with E-state index in [9.17, 15) is 36.3 Å². The van der Waals surface area contributed by atoms with E-state index in [0.717, 1.165) is 0 Å². The summed E-state index contributed by atoms with van der Waals surface area (Å²) in [7, 11) is 0. The van der Waals surface area contributed by atoms with Gasteiger partial charge in [-0.25, -0.2) is 22.0 Å². The quantitative estimate of drug-likeness (QED) is 0.364. The molecule has 0 unspecified atom stereocenters. The average Bonchev–Trinajstić information content (AvgIpc) is 2.61. The molecule has 0 amide bonds. The predicted molar refractivity (Wildman–Crippen MR) is 54.5 cm³/mol. The predicted octanol–water partition coefficient (Wildman–Crippen LogP) is 0.711. The normalized spacial score (nSPS) is 11.1. The molecule has 2 aromatic carbocycles. The number of hydrogen-bond acceptors (Lipinski definition) is 4. The van der Waals surface area contributed by atoms with Gasteiger partial charge in [0.1, 0.15) is 0 Å². The SMILES string of the molecule is O=c1c(O)c(-c2c(F)c(F)c(F)c(F)c2F)c(=O)c1=O. The van der Waals surface area contributed by atoms with E-state index in [-0.39, 0.29) is 0 Å². The van der Waals surface area contributed by atoms with Crippen LogP contribution < -0.4 is 16.3 Å². The van der Waals surface area contributed by atoms with Crippen LogP contribution in [-0.2, 0) is 0 Å². The van der Waals surface area contributed by atoms with Crippen LogP contribution in [0.25, 0.3) is 11.1 Å². The molecule has 0 spiro atoms. The summed E-state index contributed by atoms with van der Waals surface area (Å²) >= 11 is 0. The molecule has 0 aliphatic heterocycles. The standard InChI is InChI=1S/C11HF5O4/c12-3-1(4(13)6(15)7(16)5(3)14)2-8(17)10(19)11(20)9(2)18/h17H. The lowest BCUT2D eigenvalue weighted by Crippen LogP contribution is -2.29. The lowest BCUT2D eigenvalue weighted by Gasteiger charge is -2.06. The molecule has 4 nitrogen and oxygen atoms in total. The summed E-state index contributed by atoms with van der Waals surface area (Å²) in [6, 6.07) is 0. The van der Waals surface area contributed by atoms with Crippen molar-refractivity contribution in [3.63, 3.8) is 0 Å². The van der Waals surface area contributed by atoms with Crippen molar-refractivity contribution < 1.29 is 27.1 Å². The first-order valence-corrected chi connectivity index (χ1v) is 4.78. The van der Waals surface area contributed by atoms with E-state index in [1.165, 1.54) is 0 Å². The fourth-order valence-corrected chi connectivity index (χ4v) is 1.60. The van der Waals surface area contributed by atoms with Crippen LogP contribution in [0.3, 0.4) is 0 Å². The topological polar surface area (TPSA) is 71.4 Å². The second-order valence-electron chi connectivity index (χ2n) is 3.66. The molecule has 2 rings (SSSR count). The molecular weight excluding hydrogens is 291 g/mol. The van der Waals surface area contributed by atoms with E-state index in [0.29, 0.717) is 0 Å². The van der Waals surface area contributed by atoms with E-state index < -0.39 is 62.2 Å². The summed E-state index contributed by atoms with van der Waals surface area (Å²) in [5.74, 6) is -13.8. The lowest BCUT2D eigenvalue weighted by molar-refractivity contribution is 0.380. The molecule has 1 N–H and O–H groups in total. The first-order valence-electron chi connectivity index (χ1n) is 4.78. The Bertz CT molecular complexity index is 851. The summed E-state index contributed by atoms with van der Waals surface area (Å²) in [6.45, 7) is 0. The van der Waals surface area contributed by atoms with E-state index in [1.54, 1.807) is 0 Å². The first-order chi connectivity index (χ1) is 9.20. The summed E-state index contributed by atoms with van der Waals surface area (Å²) in [6.07, 6.45) is 0. The number of hydrogen-bond donors (Lipinski definition) is 1. The molecule has 0 atom stereocenters.